The SMILES string of the molecule is COc1cccc2c1nc(N)n2-c1ccc(Cl)cc1I. The summed E-state index contributed by atoms with van der Waals surface area (Å²) in [6.45, 7) is 0. The fourth-order valence-electron chi connectivity index (χ4n) is 2.17. The molecule has 102 valence electrons. The first kappa shape index (κ1) is 13.5. The molecular formula is C14H11ClIN3O. The lowest BCUT2D eigenvalue weighted by molar-refractivity contribution is 0.419. The molecule has 1 heterocycles. The predicted molar refractivity (Wildman–Crippen MR) is 89.8 cm³/mol. The Balaban J connectivity index is 2.34. The number of halogens is 2. The van der Waals surface area contributed by atoms with E-state index in [2.05, 4.69) is 27.6 Å². The zero-order chi connectivity index (χ0) is 14.3. The number of ether oxygens (including phenoxy) is 1. The van der Waals surface area contributed by atoms with Gasteiger partial charge in [-0.05, 0) is 52.9 Å². The van der Waals surface area contributed by atoms with Crippen molar-refractivity contribution in [1.82, 2.24) is 9.55 Å². The van der Waals surface area contributed by atoms with Crippen molar-refractivity contribution < 1.29 is 4.74 Å². The summed E-state index contributed by atoms with van der Waals surface area (Å²) in [6, 6.07) is 11.4. The third kappa shape index (κ3) is 2.10. The van der Waals surface area contributed by atoms with Gasteiger partial charge < -0.3 is 10.5 Å². The second-order valence-corrected chi connectivity index (χ2v) is 5.83. The van der Waals surface area contributed by atoms with Crippen molar-refractivity contribution in [3.8, 4) is 11.4 Å². The molecule has 0 aliphatic rings. The Hall–Kier alpha value is -1.47. The van der Waals surface area contributed by atoms with Crippen LogP contribution in [0.3, 0.4) is 0 Å². The van der Waals surface area contributed by atoms with E-state index in [0.29, 0.717) is 16.7 Å². The minimum Gasteiger partial charge on any atom is -0.494 e. The highest BCUT2D eigenvalue weighted by Gasteiger charge is 2.15. The molecule has 0 unspecified atom stereocenters. The van der Waals surface area contributed by atoms with E-state index in [-0.39, 0.29) is 0 Å². The number of imidazole rings is 1. The number of fused-ring (bicyclic) bond motifs is 1. The molecule has 0 atom stereocenters. The summed E-state index contributed by atoms with van der Waals surface area (Å²) in [5.41, 5.74) is 8.68. The summed E-state index contributed by atoms with van der Waals surface area (Å²) in [5.74, 6) is 1.13. The average Bonchev–Trinajstić information content (AvgIpc) is 2.75. The standard InChI is InChI=1S/C14H11ClIN3O/c1-20-12-4-2-3-11-13(12)18-14(17)19(11)10-6-5-8(15)7-9(10)16/h2-7H,1H3,(H2,17,18). The second kappa shape index (κ2) is 5.14. The molecule has 0 aliphatic heterocycles. The molecule has 0 saturated heterocycles. The van der Waals surface area contributed by atoms with Crippen LogP contribution in [0.1, 0.15) is 0 Å². The van der Waals surface area contributed by atoms with Crippen molar-refractivity contribution in [3.05, 3.63) is 45.0 Å². The summed E-state index contributed by atoms with van der Waals surface area (Å²) in [7, 11) is 1.62. The maximum Gasteiger partial charge on any atom is 0.206 e. The van der Waals surface area contributed by atoms with Gasteiger partial charge in [0.15, 0.2) is 0 Å². The molecule has 20 heavy (non-hydrogen) atoms. The number of aromatic nitrogens is 2. The van der Waals surface area contributed by atoms with E-state index in [1.807, 2.05) is 41.0 Å². The van der Waals surface area contributed by atoms with E-state index in [4.69, 9.17) is 22.1 Å². The van der Waals surface area contributed by atoms with Gasteiger partial charge in [-0.1, -0.05) is 17.7 Å². The van der Waals surface area contributed by atoms with Gasteiger partial charge >= 0.3 is 0 Å². The van der Waals surface area contributed by atoms with Gasteiger partial charge in [0.1, 0.15) is 11.3 Å². The number of anilines is 1. The smallest absolute Gasteiger partial charge is 0.206 e. The highest BCUT2D eigenvalue weighted by Crippen LogP contribution is 2.31. The van der Waals surface area contributed by atoms with Crippen LogP contribution in [-0.4, -0.2) is 16.7 Å². The van der Waals surface area contributed by atoms with Gasteiger partial charge in [-0.25, -0.2) is 4.98 Å². The number of methoxy groups -OCH3 is 1. The fraction of sp³-hybridized carbons (Fsp3) is 0.0714. The Kier molecular flexibility index (Phi) is 3.47. The molecule has 0 spiro atoms. The number of nitrogens with zero attached hydrogens (tertiary/aromatic N) is 2. The van der Waals surface area contributed by atoms with E-state index in [0.717, 1.165) is 20.3 Å². The van der Waals surface area contributed by atoms with Crippen LogP contribution in [-0.2, 0) is 0 Å². The number of para-hydroxylation sites is 1. The number of hydrogen-bond acceptors (Lipinski definition) is 3. The third-order valence-electron chi connectivity index (χ3n) is 3.04. The Labute approximate surface area is 134 Å². The van der Waals surface area contributed by atoms with Crippen molar-refractivity contribution in [2.24, 2.45) is 0 Å². The lowest BCUT2D eigenvalue weighted by atomic mass is 10.2. The van der Waals surface area contributed by atoms with E-state index in [9.17, 15) is 0 Å². The first-order chi connectivity index (χ1) is 9.61. The van der Waals surface area contributed by atoms with Gasteiger partial charge in [0.05, 0.1) is 18.3 Å². The molecule has 2 aromatic carbocycles. The number of rotatable bonds is 2. The first-order valence-electron chi connectivity index (χ1n) is 5.88. The molecule has 3 rings (SSSR count). The molecule has 1 aromatic heterocycles. The van der Waals surface area contributed by atoms with Crippen molar-refractivity contribution in [2.75, 3.05) is 12.8 Å². The van der Waals surface area contributed by atoms with Crippen LogP contribution in [0.2, 0.25) is 5.02 Å². The molecule has 2 N–H and O–H groups in total. The summed E-state index contributed by atoms with van der Waals surface area (Å²) < 4.78 is 8.23. The van der Waals surface area contributed by atoms with Gasteiger partial charge in [0, 0.05) is 8.59 Å². The minimum atomic E-state index is 0.421. The largest absolute Gasteiger partial charge is 0.494 e. The van der Waals surface area contributed by atoms with Crippen LogP contribution in [0.5, 0.6) is 5.75 Å². The molecule has 3 aromatic rings. The predicted octanol–water partition coefficient (Wildman–Crippen LogP) is 3.87. The second-order valence-electron chi connectivity index (χ2n) is 4.23. The Morgan fingerprint density at radius 3 is 2.80 bits per heavy atom. The van der Waals surface area contributed by atoms with E-state index in [1.165, 1.54) is 0 Å². The first-order valence-corrected chi connectivity index (χ1v) is 7.34. The molecule has 0 amide bonds. The van der Waals surface area contributed by atoms with Crippen LogP contribution < -0.4 is 10.5 Å². The van der Waals surface area contributed by atoms with Gasteiger partial charge in [-0.3, -0.25) is 4.57 Å². The molecular weight excluding hydrogens is 389 g/mol. The van der Waals surface area contributed by atoms with E-state index in [1.54, 1.807) is 7.11 Å². The molecule has 0 radical (unpaired) electrons. The van der Waals surface area contributed by atoms with E-state index < -0.39 is 0 Å². The van der Waals surface area contributed by atoms with Crippen molar-refractivity contribution in [3.63, 3.8) is 0 Å². The summed E-state index contributed by atoms with van der Waals surface area (Å²) in [4.78, 5) is 4.40. The number of benzene rings is 2. The normalized spacial score (nSPS) is 10.9. The Morgan fingerprint density at radius 2 is 2.10 bits per heavy atom. The van der Waals surface area contributed by atoms with E-state index >= 15 is 0 Å². The lowest BCUT2D eigenvalue weighted by Crippen LogP contribution is -2.02. The Bertz CT molecular complexity index is 800. The highest BCUT2D eigenvalue weighted by atomic mass is 127. The van der Waals surface area contributed by atoms with Crippen molar-refractivity contribution in [2.45, 2.75) is 0 Å². The highest BCUT2D eigenvalue weighted by molar-refractivity contribution is 14.1. The van der Waals surface area contributed by atoms with Crippen molar-refractivity contribution >= 4 is 51.2 Å². The minimum absolute atomic E-state index is 0.421. The van der Waals surface area contributed by atoms with Crippen LogP contribution in [0, 0.1) is 3.57 Å². The van der Waals surface area contributed by atoms with Crippen LogP contribution in [0.25, 0.3) is 16.7 Å². The molecule has 6 heteroatoms. The fourth-order valence-corrected chi connectivity index (χ4v) is 3.28. The van der Waals surface area contributed by atoms with Crippen LogP contribution in [0.15, 0.2) is 36.4 Å². The number of hydrogen-bond donors (Lipinski definition) is 1. The van der Waals surface area contributed by atoms with Gasteiger partial charge in [0.25, 0.3) is 0 Å². The lowest BCUT2D eigenvalue weighted by Gasteiger charge is -2.09. The van der Waals surface area contributed by atoms with Gasteiger partial charge in [-0.2, -0.15) is 0 Å². The average molecular weight is 400 g/mol. The molecule has 4 nitrogen and oxygen atoms in total. The number of nitrogens with two attached hydrogens (primary N) is 1. The summed E-state index contributed by atoms with van der Waals surface area (Å²) >= 11 is 8.24. The van der Waals surface area contributed by atoms with Gasteiger partial charge in [-0.15, -0.1) is 0 Å². The van der Waals surface area contributed by atoms with Crippen LogP contribution in [0.4, 0.5) is 5.95 Å². The molecule has 0 fully saturated rings. The van der Waals surface area contributed by atoms with Crippen LogP contribution >= 0.6 is 34.2 Å². The summed E-state index contributed by atoms with van der Waals surface area (Å²) in [6.07, 6.45) is 0. The monoisotopic (exact) mass is 399 g/mol. The maximum atomic E-state index is 6.08. The zero-order valence-electron chi connectivity index (χ0n) is 10.6. The maximum absolute atomic E-state index is 6.08. The zero-order valence-corrected chi connectivity index (χ0v) is 13.5. The number of nitrogen functional groups attached to an aromatic ring is 1. The quantitative estimate of drug-likeness (QED) is 0.666. The Morgan fingerprint density at radius 1 is 1.30 bits per heavy atom. The van der Waals surface area contributed by atoms with Crippen molar-refractivity contribution in [1.29, 1.82) is 0 Å². The topological polar surface area (TPSA) is 53.1 Å². The van der Waals surface area contributed by atoms with Gasteiger partial charge in [0.2, 0.25) is 5.95 Å². The summed E-state index contributed by atoms with van der Waals surface area (Å²) in [5, 5.41) is 0.693. The molecule has 0 bridgehead atoms. The molecule has 0 saturated carbocycles. The third-order valence-corrected chi connectivity index (χ3v) is 4.14. The molecule has 0 aliphatic carbocycles.